The summed E-state index contributed by atoms with van der Waals surface area (Å²) in [7, 11) is -4.36. The molecule has 0 unspecified atom stereocenters. The number of nitrogens with zero attached hydrogens (tertiary/aromatic N) is 1. The second-order valence-electron chi connectivity index (χ2n) is 5.01. The molecule has 112 valence electrons. The molecule has 9 nitrogen and oxygen atoms in total. The van der Waals surface area contributed by atoms with Gasteiger partial charge in [0, 0.05) is 11.7 Å². The smallest absolute Gasteiger partial charge is 0.325 e. The molecule has 1 aromatic heterocycles. The highest BCUT2D eigenvalue weighted by molar-refractivity contribution is 7.89. The van der Waals surface area contributed by atoms with Crippen molar-refractivity contribution in [3.8, 4) is 0 Å². The van der Waals surface area contributed by atoms with E-state index in [0.717, 1.165) is 6.20 Å². The predicted octanol–water partition coefficient (Wildman–Crippen LogP) is -1.06. The Kier molecular flexibility index (Phi) is 4.20. The zero-order chi connectivity index (χ0) is 15.7. The monoisotopic (exact) mass is 305 g/mol. The lowest BCUT2D eigenvalue weighted by molar-refractivity contribution is -0.138. The summed E-state index contributed by atoms with van der Waals surface area (Å²) in [4.78, 5) is 36.4. The second kappa shape index (κ2) is 5.21. The van der Waals surface area contributed by atoms with Gasteiger partial charge in [0.1, 0.15) is 6.54 Å². The number of H-pyrrole nitrogens is 2. The van der Waals surface area contributed by atoms with Crippen LogP contribution < -0.4 is 11.2 Å². The molecule has 0 spiro atoms. The highest BCUT2D eigenvalue weighted by Gasteiger charge is 2.37. The molecule has 0 saturated heterocycles. The fourth-order valence-electron chi connectivity index (χ4n) is 1.51. The Morgan fingerprint density at radius 1 is 1.35 bits per heavy atom. The topological polar surface area (TPSA) is 140 Å². The number of aromatic nitrogens is 2. The highest BCUT2D eigenvalue weighted by atomic mass is 32.2. The van der Waals surface area contributed by atoms with Crippen molar-refractivity contribution in [3.05, 3.63) is 27.0 Å². The van der Waals surface area contributed by atoms with Crippen LogP contribution in [0.25, 0.3) is 0 Å². The van der Waals surface area contributed by atoms with Crippen LogP contribution in [0, 0.1) is 0 Å². The molecular formula is C10H15N3O6S. The van der Waals surface area contributed by atoms with E-state index in [1.54, 1.807) is 4.98 Å². The third-order valence-electron chi connectivity index (χ3n) is 2.38. The van der Waals surface area contributed by atoms with Crippen LogP contribution in [-0.2, 0) is 14.8 Å². The summed E-state index contributed by atoms with van der Waals surface area (Å²) in [5.41, 5.74) is -3.01. The number of nitrogens with one attached hydrogen (secondary N) is 2. The van der Waals surface area contributed by atoms with Gasteiger partial charge in [-0.25, -0.2) is 13.2 Å². The maximum atomic E-state index is 12.4. The van der Waals surface area contributed by atoms with Gasteiger partial charge in [0.05, 0.1) is 0 Å². The van der Waals surface area contributed by atoms with Crippen molar-refractivity contribution in [2.75, 3.05) is 6.54 Å². The Hall–Kier alpha value is -1.94. The summed E-state index contributed by atoms with van der Waals surface area (Å²) in [6.45, 7) is 3.68. The average Bonchev–Trinajstić information content (AvgIpc) is 2.23. The van der Waals surface area contributed by atoms with E-state index in [-0.39, 0.29) is 0 Å². The Morgan fingerprint density at radius 3 is 2.30 bits per heavy atom. The fraction of sp³-hybridized carbons (Fsp3) is 0.500. The van der Waals surface area contributed by atoms with Crippen LogP contribution in [0.3, 0.4) is 0 Å². The van der Waals surface area contributed by atoms with Crippen LogP contribution in [0.1, 0.15) is 20.8 Å². The van der Waals surface area contributed by atoms with Gasteiger partial charge in [-0.1, -0.05) is 0 Å². The van der Waals surface area contributed by atoms with E-state index in [4.69, 9.17) is 5.11 Å². The first-order chi connectivity index (χ1) is 8.96. The molecule has 0 fully saturated rings. The van der Waals surface area contributed by atoms with Gasteiger partial charge >= 0.3 is 11.7 Å². The number of carbonyl (C=O) groups is 1. The van der Waals surface area contributed by atoms with Crippen molar-refractivity contribution >= 4 is 16.0 Å². The third kappa shape index (κ3) is 3.33. The Labute approximate surface area is 114 Å². The van der Waals surface area contributed by atoms with Crippen LogP contribution in [0.4, 0.5) is 0 Å². The fourth-order valence-corrected chi connectivity index (χ4v) is 3.25. The minimum atomic E-state index is -4.36. The number of aliphatic carboxylic acids is 1. The summed E-state index contributed by atoms with van der Waals surface area (Å²) in [6, 6.07) is 0. The summed E-state index contributed by atoms with van der Waals surface area (Å²) < 4.78 is 25.4. The Morgan fingerprint density at radius 2 is 1.90 bits per heavy atom. The molecule has 0 saturated carbocycles. The van der Waals surface area contributed by atoms with Crippen molar-refractivity contribution in [1.82, 2.24) is 14.3 Å². The van der Waals surface area contributed by atoms with E-state index in [1.165, 1.54) is 20.8 Å². The van der Waals surface area contributed by atoms with Gasteiger partial charge in [-0.2, -0.15) is 4.31 Å². The van der Waals surface area contributed by atoms with Crippen LogP contribution in [-0.4, -0.2) is 45.9 Å². The summed E-state index contributed by atoms with van der Waals surface area (Å²) in [6.07, 6.45) is 0.747. The van der Waals surface area contributed by atoms with Crippen molar-refractivity contribution in [2.45, 2.75) is 31.2 Å². The molecule has 20 heavy (non-hydrogen) atoms. The average molecular weight is 305 g/mol. The molecule has 1 rings (SSSR count). The molecule has 1 heterocycles. The number of carboxylic acids is 1. The summed E-state index contributed by atoms with van der Waals surface area (Å²) >= 11 is 0. The zero-order valence-electron chi connectivity index (χ0n) is 11.1. The van der Waals surface area contributed by atoms with Crippen LogP contribution in [0.5, 0.6) is 0 Å². The molecule has 0 atom stereocenters. The highest BCUT2D eigenvalue weighted by Crippen LogP contribution is 2.21. The Bertz CT molecular complexity index is 724. The predicted molar refractivity (Wildman–Crippen MR) is 69.0 cm³/mol. The van der Waals surface area contributed by atoms with Gasteiger partial charge in [0.2, 0.25) is 0 Å². The van der Waals surface area contributed by atoms with E-state index in [0.29, 0.717) is 4.31 Å². The quantitative estimate of drug-likeness (QED) is 0.647. The minimum Gasteiger partial charge on any atom is -0.480 e. The molecule has 0 radical (unpaired) electrons. The van der Waals surface area contributed by atoms with Crippen molar-refractivity contribution in [2.24, 2.45) is 0 Å². The maximum Gasteiger partial charge on any atom is 0.325 e. The molecule has 0 aliphatic rings. The van der Waals surface area contributed by atoms with Crippen LogP contribution in [0.15, 0.2) is 20.7 Å². The lowest BCUT2D eigenvalue weighted by Crippen LogP contribution is -2.49. The van der Waals surface area contributed by atoms with Gasteiger partial charge in [-0.15, -0.1) is 0 Å². The lowest BCUT2D eigenvalue weighted by atomic mass is 10.1. The summed E-state index contributed by atoms with van der Waals surface area (Å²) in [5, 5.41) is 8.82. The zero-order valence-corrected chi connectivity index (χ0v) is 11.9. The SMILES string of the molecule is CC(C)(C)N(CC(=O)O)S(=O)(=O)c1c[nH]c(=O)[nH]c1=O. The second-order valence-corrected chi connectivity index (χ2v) is 6.84. The molecule has 0 amide bonds. The normalized spacial score (nSPS) is 12.6. The first-order valence-electron chi connectivity index (χ1n) is 5.53. The molecule has 0 aliphatic heterocycles. The number of hydrogen-bond acceptors (Lipinski definition) is 5. The number of aromatic amines is 2. The number of hydrogen-bond donors (Lipinski definition) is 3. The first kappa shape index (κ1) is 16.1. The first-order valence-corrected chi connectivity index (χ1v) is 6.97. The van der Waals surface area contributed by atoms with Gasteiger partial charge in [0.25, 0.3) is 15.6 Å². The Balaban J connectivity index is 3.48. The molecule has 1 aromatic rings. The summed E-state index contributed by atoms with van der Waals surface area (Å²) in [5.74, 6) is -1.36. The van der Waals surface area contributed by atoms with E-state index in [9.17, 15) is 22.8 Å². The van der Waals surface area contributed by atoms with E-state index >= 15 is 0 Å². The van der Waals surface area contributed by atoms with Gasteiger partial charge < -0.3 is 10.1 Å². The number of carboxylic acid groups (broad SMARTS) is 1. The largest absolute Gasteiger partial charge is 0.480 e. The maximum absolute atomic E-state index is 12.4. The van der Waals surface area contributed by atoms with Crippen molar-refractivity contribution in [1.29, 1.82) is 0 Å². The van der Waals surface area contributed by atoms with Crippen molar-refractivity contribution in [3.63, 3.8) is 0 Å². The third-order valence-corrected chi connectivity index (χ3v) is 4.50. The molecule has 0 aliphatic carbocycles. The molecule has 10 heteroatoms. The molecule has 3 N–H and O–H groups in total. The van der Waals surface area contributed by atoms with Gasteiger partial charge in [0.15, 0.2) is 4.90 Å². The van der Waals surface area contributed by atoms with Gasteiger partial charge in [-0.05, 0) is 20.8 Å². The number of sulfonamides is 1. The van der Waals surface area contributed by atoms with Crippen molar-refractivity contribution < 1.29 is 18.3 Å². The minimum absolute atomic E-state index is 0.672. The molecule has 0 bridgehead atoms. The number of rotatable bonds is 4. The van der Waals surface area contributed by atoms with Crippen LogP contribution in [0.2, 0.25) is 0 Å². The molecule has 0 aromatic carbocycles. The standard InChI is InChI=1S/C10H15N3O6S/c1-10(2,3)13(5-7(14)15)20(18,19)6-4-11-9(17)12-8(6)16/h4H,5H2,1-3H3,(H,14,15)(H2,11,12,16,17). The molecular weight excluding hydrogens is 290 g/mol. The van der Waals surface area contributed by atoms with Gasteiger partial charge in [-0.3, -0.25) is 14.6 Å². The lowest BCUT2D eigenvalue weighted by Gasteiger charge is -2.32. The van der Waals surface area contributed by atoms with E-state index < -0.39 is 44.2 Å². The van der Waals surface area contributed by atoms with E-state index in [1.807, 2.05) is 4.98 Å². The van der Waals surface area contributed by atoms with E-state index in [2.05, 4.69) is 0 Å². The van der Waals surface area contributed by atoms with Crippen LogP contribution >= 0.6 is 0 Å².